The smallest absolute Gasteiger partial charge is 0.224 e. The monoisotopic (exact) mass is 361 g/mol. The second-order valence-corrected chi connectivity index (χ2v) is 6.97. The van der Waals surface area contributed by atoms with Gasteiger partial charge in [-0.05, 0) is 39.4 Å². The second kappa shape index (κ2) is 10.8. The van der Waals surface area contributed by atoms with Gasteiger partial charge in [0.15, 0.2) is 5.96 Å². The molecular weight excluding hydrogens is 326 g/mol. The summed E-state index contributed by atoms with van der Waals surface area (Å²) in [6, 6.07) is 10.7. The van der Waals surface area contributed by atoms with E-state index in [1.54, 1.807) is 0 Å². The average molecular weight is 362 g/mol. The van der Waals surface area contributed by atoms with E-state index in [1.807, 2.05) is 26.8 Å². The van der Waals surface area contributed by atoms with E-state index >= 15 is 0 Å². The molecule has 26 heavy (non-hydrogen) atoms. The molecular formula is C20H35N5O. The number of hydrogen-bond acceptors (Lipinski definition) is 3. The first-order valence-corrected chi connectivity index (χ1v) is 9.46. The number of benzene rings is 1. The van der Waals surface area contributed by atoms with Crippen molar-refractivity contribution in [3.63, 3.8) is 0 Å². The summed E-state index contributed by atoms with van der Waals surface area (Å²) >= 11 is 0. The Kier molecular flexibility index (Phi) is 9.13. The zero-order valence-corrected chi connectivity index (χ0v) is 16.9. The number of nitrogens with zero attached hydrogens (tertiary/aromatic N) is 2. The van der Waals surface area contributed by atoms with E-state index in [1.165, 1.54) is 5.56 Å². The lowest BCUT2D eigenvalue weighted by molar-refractivity contribution is -0.125. The van der Waals surface area contributed by atoms with Crippen molar-refractivity contribution in [1.29, 1.82) is 0 Å². The van der Waals surface area contributed by atoms with Crippen LogP contribution in [0.5, 0.6) is 0 Å². The summed E-state index contributed by atoms with van der Waals surface area (Å²) in [6.45, 7) is 13.8. The van der Waals surface area contributed by atoms with E-state index in [-0.39, 0.29) is 11.9 Å². The van der Waals surface area contributed by atoms with Gasteiger partial charge in [-0.2, -0.15) is 0 Å². The van der Waals surface area contributed by atoms with Crippen molar-refractivity contribution < 1.29 is 4.79 Å². The molecule has 6 heteroatoms. The van der Waals surface area contributed by atoms with Gasteiger partial charge in [-0.1, -0.05) is 44.2 Å². The van der Waals surface area contributed by atoms with Crippen LogP contribution in [0.2, 0.25) is 0 Å². The molecule has 0 aliphatic heterocycles. The normalized spacial score (nSPS) is 13.5. The van der Waals surface area contributed by atoms with Crippen LogP contribution >= 0.6 is 0 Å². The summed E-state index contributed by atoms with van der Waals surface area (Å²) < 4.78 is 0. The molecule has 1 unspecified atom stereocenters. The van der Waals surface area contributed by atoms with Crippen molar-refractivity contribution in [3.8, 4) is 0 Å². The van der Waals surface area contributed by atoms with Crippen molar-refractivity contribution >= 4 is 11.9 Å². The number of nitrogens with two attached hydrogens (primary N) is 1. The van der Waals surface area contributed by atoms with Crippen LogP contribution in [-0.2, 0) is 4.79 Å². The van der Waals surface area contributed by atoms with Gasteiger partial charge < -0.3 is 16.4 Å². The summed E-state index contributed by atoms with van der Waals surface area (Å²) in [5, 5.41) is 6.67. The third-order valence-corrected chi connectivity index (χ3v) is 4.54. The molecule has 1 aromatic carbocycles. The summed E-state index contributed by atoms with van der Waals surface area (Å²) in [4.78, 5) is 18.5. The maximum atomic E-state index is 11.5. The van der Waals surface area contributed by atoms with Crippen LogP contribution in [0.15, 0.2) is 35.3 Å². The number of aliphatic imine (C=N–C) groups is 1. The Bertz CT molecular complexity index is 567. The number of nitrogens with one attached hydrogen (secondary N) is 2. The van der Waals surface area contributed by atoms with Gasteiger partial charge in [-0.3, -0.25) is 14.7 Å². The number of guanidine groups is 1. The first-order valence-electron chi connectivity index (χ1n) is 9.46. The molecule has 0 heterocycles. The van der Waals surface area contributed by atoms with Gasteiger partial charge >= 0.3 is 0 Å². The third-order valence-electron chi connectivity index (χ3n) is 4.54. The Labute approximate surface area is 158 Å². The van der Waals surface area contributed by atoms with Crippen molar-refractivity contribution in [1.82, 2.24) is 15.5 Å². The lowest BCUT2D eigenvalue weighted by Crippen LogP contribution is -2.44. The Balaban J connectivity index is 2.90. The summed E-state index contributed by atoms with van der Waals surface area (Å²) in [5.41, 5.74) is 6.06. The van der Waals surface area contributed by atoms with Gasteiger partial charge in [-0.25, -0.2) is 0 Å². The SMILES string of the molecule is CCNC(=NCC(C)(C)C(N)=O)NCC(c1ccccc1)N(CC)CC. The van der Waals surface area contributed by atoms with Crippen molar-refractivity contribution in [2.45, 2.75) is 40.7 Å². The molecule has 0 fully saturated rings. The van der Waals surface area contributed by atoms with E-state index in [9.17, 15) is 4.79 Å². The molecule has 0 spiro atoms. The highest BCUT2D eigenvalue weighted by Crippen LogP contribution is 2.19. The molecule has 0 saturated heterocycles. The fourth-order valence-corrected chi connectivity index (χ4v) is 2.69. The number of amides is 1. The molecule has 0 aliphatic rings. The highest BCUT2D eigenvalue weighted by molar-refractivity contribution is 5.82. The van der Waals surface area contributed by atoms with Crippen molar-refractivity contribution in [2.75, 3.05) is 32.7 Å². The predicted octanol–water partition coefficient (Wildman–Crippen LogP) is 2.14. The van der Waals surface area contributed by atoms with Crippen LogP contribution in [0.1, 0.15) is 46.2 Å². The lowest BCUT2D eigenvalue weighted by atomic mass is 9.93. The predicted molar refractivity (Wildman–Crippen MR) is 109 cm³/mol. The molecule has 6 nitrogen and oxygen atoms in total. The largest absolute Gasteiger partial charge is 0.369 e. The molecule has 1 amide bonds. The summed E-state index contributed by atoms with van der Waals surface area (Å²) in [7, 11) is 0. The second-order valence-electron chi connectivity index (χ2n) is 6.97. The molecule has 146 valence electrons. The van der Waals surface area contributed by atoms with Crippen LogP contribution in [0, 0.1) is 5.41 Å². The molecule has 0 bridgehead atoms. The maximum absolute atomic E-state index is 11.5. The minimum Gasteiger partial charge on any atom is -0.369 e. The Morgan fingerprint density at radius 1 is 1.15 bits per heavy atom. The molecule has 4 N–H and O–H groups in total. The van der Waals surface area contributed by atoms with Crippen LogP contribution in [0.4, 0.5) is 0 Å². The highest BCUT2D eigenvalue weighted by atomic mass is 16.1. The minimum atomic E-state index is -0.667. The number of primary amides is 1. The minimum absolute atomic E-state index is 0.249. The lowest BCUT2D eigenvalue weighted by Gasteiger charge is -2.31. The molecule has 0 aliphatic carbocycles. The maximum Gasteiger partial charge on any atom is 0.224 e. The first kappa shape index (κ1) is 22.0. The molecule has 0 saturated carbocycles. The number of likely N-dealkylation sites (N-methyl/N-ethyl adjacent to an activating group) is 1. The topological polar surface area (TPSA) is 82.7 Å². The number of carbonyl (C=O) groups excluding carboxylic acids is 1. The fraction of sp³-hybridized carbons (Fsp3) is 0.600. The Hall–Kier alpha value is -2.08. The van der Waals surface area contributed by atoms with Gasteiger partial charge in [0.25, 0.3) is 0 Å². The van der Waals surface area contributed by atoms with Crippen LogP contribution in [-0.4, -0.2) is 49.5 Å². The van der Waals surface area contributed by atoms with Gasteiger partial charge in [0.1, 0.15) is 0 Å². The van der Waals surface area contributed by atoms with Gasteiger partial charge in [0, 0.05) is 13.1 Å². The van der Waals surface area contributed by atoms with Gasteiger partial charge in [-0.15, -0.1) is 0 Å². The summed E-state index contributed by atoms with van der Waals surface area (Å²) in [5.74, 6) is 0.359. The van der Waals surface area contributed by atoms with E-state index < -0.39 is 5.41 Å². The third kappa shape index (κ3) is 6.67. The molecule has 0 radical (unpaired) electrons. The summed E-state index contributed by atoms with van der Waals surface area (Å²) in [6.07, 6.45) is 0. The number of hydrogen-bond donors (Lipinski definition) is 3. The van der Waals surface area contributed by atoms with Gasteiger partial charge in [0.2, 0.25) is 5.91 Å². The molecule has 1 aromatic rings. The number of rotatable bonds is 10. The Morgan fingerprint density at radius 3 is 2.27 bits per heavy atom. The van der Waals surface area contributed by atoms with Crippen LogP contribution in [0.3, 0.4) is 0 Å². The fourth-order valence-electron chi connectivity index (χ4n) is 2.69. The van der Waals surface area contributed by atoms with Crippen molar-refractivity contribution in [3.05, 3.63) is 35.9 Å². The van der Waals surface area contributed by atoms with Gasteiger partial charge in [0.05, 0.1) is 18.0 Å². The van der Waals surface area contributed by atoms with E-state index in [4.69, 9.17) is 5.73 Å². The Morgan fingerprint density at radius 2 is 1.77 bits per heavy atom. The van der Waals surface area contributed by atoms with E-state index in [2.05, 4.69) is 58.6 Å². The molecule has 1 rings (SSSR count). The molecule has 0 aromatic heterocycles. The highest BCUT2D eigenvalue weighted by Gasteiger charge is 2.25. The quantitative estimate of drug-likeness (QED) is 0.440. The molecule has 1 atom stereocenters. The van der Waals surface area contributed by atoms with Crippen LogP contribution in [0.25, 0.3) is 0 Å². The zero-order valence-electron chi connectivity index (χ0n) is 16.9. The standard InChI is InChI=1S/C20H35N5O/c1-6-22-19(24-15-20(4,5)18(21)26)23-14-17(25(7-2)8-3)16-12-10-9-11-13-16/h9-13,17H,6-8,14-15H2,1-5H3,(H2,21,26)(H2,22,23,24). The average Bonchev–Trinajstić information content (AvgIpc) is 2.63. The zero-order chi connectivity index (χ0) is 19.6. The first-order chi connectivity index (χ1) is 12.4. The van der Waals surface area contributed by atoms with Crippen molar-refractivity contribution in [2.24, 2.45) is 16.1 Å². The van der Waals surface area contributed by atoms with E-state index in [0.29, 0.717) is 12.5 Å². The van der Waals surface area contributed by atoms with E-state index in [0.717, 1.165) is 26.2 Å². The number of carbonyl (C=O) groups is 1. The van der Waals surface area contributed by atoms with Crippen LogP contribution < -0.4 is 16.4 Å².